The third-order valence-electron chi connectivity index (χ3n) is 2.55. The Morgan fingerprint density at radius 1 is 1.44 bits per heavy atom. The largest absolute Gasteiger partial charge is 0.373 e. The van der Waals surface area contributed by atoms with Crippen molar-refractivity contribution >= 4 is 11.4 Å². The molecule has 6 heteroatoms. The molecule has 1 aromatic heterocycles. The van der Waals surface area contributed by atoms with E-state index in [0.717, 1.165) is 5.56 Å². The maximum Gasteiger partial charge on any atom is 0.295 e. The van der Waals surface area contributed by atoms with E-state index < -0.39 is 10.7 Å². The number of nitrogens with zero attached hydrogens (tertiary/aromatic N) is 2. The van der Waals surface area contributed by atoms with Gasteiger partial charge in [0.2, 0.25) is 0 Å². The Morgan fingerprint density at radius 2 is 2.22 bits per heavy atom. The number of nitrogens with one attached hydrogen (secondary N) is 1. The zero-order chi connectivity index (χ0) is 13.1. The normalized spacial score (nSPS) is 10.3. The van der Waals surface area contributed by atoms with E-state index in [1.807, 2.05) is 30.1 Å². The van der Waals surface area contributed by atoms with Gasteiger partial charge in [-0.25, -0.2) is 4.39 Å². The zero-order valence-electron chi connectivity index (χ0n) is 9.76. The monoisotopic (exact) mass is 249 g/mol. The molecule has 0 bridgehead atoms. The first-order valence-electron chi connectivity index (χ1n) is 5.35. The number of nitro benzene ring substituents is 1. The lowest BCUT2D eigenvalue weighted by Crippen LogP contribution is -2.04. The van der Waals surface area contributed by atoms with Crippen molar-refractivity contribution in [1.82, 2.24) is 4.57 Å². The van der Waals surface area contributed by atoms with Gasteiger partial charge in [-0.05, 0) is 17.7 Å². The third-order valence-corrected chi connectivity index (χ3v) is 2.55. The highest BCUT2D eigenvalue weighted by Gasteiger charge is 2.17. The number of aryl methyl sites for hydroxylation is 1. The van der Waals surface area contributed by atoms with Crippen LogP contribution in [0.1, 0.15) is 5.56 Å². The van der Waals surface area contributed by atoms with Gasteiger partial charge in [-0.3, -0.25) is 10.1 Å². The van der Waals surface area contributed by atoms with Crippen LogP contribution in [0.5, 0.6) is 0 Å². The highest BCUT2D eigenvalue weighted by atomic mass is 19.1. The molecule has 0 saturated heterocycles. The maximum absolute atomic E-state index is 13.5. The van der Waals surface area contributed by atoms with Crippen LogP contribution >= 0.6 is 0 Å². The van der Waals surface area contributed by atoms with Crippen molar-refractivity contribution in [2.75, 3.05) is 5.32 Å². The van der Waals surface area contributed by atoms with E-state index in [-0.39, 0.29) is 11.4 Å². The Bertz CT molecular complexity index is 580. The van der Waals surface area contributed by atoms with Crippen molar-refractivity contribution in [2.45, 2.75) is 6.54 Å². The fourth-order valence-corrected chi connectivity index (χ4v) is 1.70. The minimum absolute atomic E-state index is 0.0775. The maximum atomic E-state index is 13.5. The molecule has 0 amide bonds. The number of para-hydroxylation sites is 1. The van der Waals surface area contributed by atoms with Gasteiger partial charge in [0, 0.05) is 32.1 Å². The summed E-state index contributed by atoms with van der Waals surface area (Å²) < 4.78 is 15.4. The van der Waals surface area contributed by atoms with E-state index in [9.17, 15) is 14.5 Å². The Hall–Kier alpha value is -2.37. The van der Waals surface area contributed by atoms with Gasteiger partial charge in [0.05, 0.1) is 4.92 Å². The number of hydrogen-bond donors (Lipinski definition) is 1. The van der Waals surface area contributed by atoms with Crippen molar-refractivity contribution < 1.29 is 9.31 Å². The molecule has 1 aromatic carbocycles. The molecular formula is C12H12FN3O2. The highest BCUT2D eigenvalue weighted by Crippen LogP contribution is 2.27. The van der Waals surface area contributed by atoms with Gasteiger partial charge in [0.1, 0.15) is 5.69 Å². The lowest BCUT2D eigenvalue weighted by Gasteiger charge is -2.06. The van der Waals surface area contributed by atoms with Gasteiger partial charge in [-0.2, -0.15) is 0 Å². The number of aromatic nitrogens is 1. The quantitative estimate of drug-likeness (QED) is 0.669. The summed E-state index contributed by atoms with van der Waals surface area (Å²) in [5.74, 6) is -0.625. The topological polar surface area (TPSA) is 60.1 Å². The molecule has 18 heavy (non-hydrogen) atoms. The van der Waals surface area contributed by atoms with Crippen molar-refractivity contribution in [2.24, 2.45) is 7.05 Å². The first kappa shape index (κ1) is 12.1. The smallest absolute Gasteiger partial charge is 0.295 e. The number of hydrogen-bond acceptors (Lipinski definition) is 3. The predicted octanol–water partition coefficient (Wildman–Crippen LogP) is 2.68. The lowest BCUT2D eigenvalue weighted by molar-refractivity contribution is -0.384. The summed E-state index contributed by atoms with van der Waals surface area (Å²) in [6, 6.07) is 5.65. The molecule has 1 heterocycles. The number of benzene rings is 1. The lowest BCUT2D eigenvalue weighted by atomic mass is 10.2. The summed E-state index contributed by atoms with van der Waals surface area (Å²) in [5, 5.41) is 13.5. The molecule has 0 radical (unpaired) electrons. The summed E-state index contributed by atoms with van der Waals surface area (Å²) >= 11 is 0. The van der Waals surface area contributed by atoms with Gasteiger partial charge in [0.25, 0.3) is 5.69 Å². The molecule has 94 valence electrons. The summed E-state index contributed by atoms with van der Waals surface area (Å²) in [6.45, 7) is 0.336. The molecule has 1 N–H and O–H groups in total. The van der Waals surface area contributed by atoms with E-state index in [4.69, 9.17) is 0 Å². The Kier molecular flexibility index (Phi) is 3.27. The van der Waals surface area contributed by atoms with Crippen LogP contribution in [0.2, 0.25) is 0 Å². The van der Waals surface area contributed by atoms with Crippen molar-refractivity contribution in [3.8, 4) is 0 Å². The van der Waals surface area contributed by atoms with E-state index in [1.54, 1.807) is 0 Å². The standard InChI is InChI=1S/C12H12FN3O2/c1-15-6-5-9(8-15)7-14-12-10(13)3-2-4-11(12)16(17)18/h2-6,8,14H,7H2,1H3. The van der Waals surface area contributed by atoms with Crippen molar-refractivity contribution in [1.29, 1.82) is 0 Å². The second-order valence-corrected chi connectivity index (χ2v) is 3.93. The molecule has 0 saturated carbocycles. The molecule has 0 aliphatic rings. The first-order valence-corrected chi connectivity index (χ1v) is 5.35. The van der Waals surface area contributed by atoms with E-state index in [2.05, 4.69) is 5.32 Å². The van der Waals surface area contributed by atoms with Crippen LogP contribution in [-0.4, -0.2) is 9.49 Å². The molecule has 0 spiro atoms. The second kappa shape index (κ2) is 4.87. The predicted molar refractivity (Wildman–Crippen MR) is 65.8 cm³/mol. The number of rotatable bonds is 4. The molecule has 0 unspecified atom stereocenters. The van der Waals surface area contributed by atoms with Crippen LogP contribution < -0.4 is 5.32 Å². The minimum atomic E-state index is -0.625. The van der Waals surface area contributed by atoms with Gasteiger partial charge < -0.3 is 9.88 Å². The van der Waals surface area contributed by atoms with Crippen LogP contribution in [0.3, 0.4) is 0 Å². The second-order valence-electron chi connectivity index (χ2n) is 3.93. The molecule has 5 nitrogen and oxygen atoms in total. The fourth-order valence-electron chi connectivity index (χ4n) is 1.70. The van der Waals surface area contributed by atoms with E-state index in [1.165, 1.54) is 18.2 Å². The van der Waals surface area contributed by atoms with Crippen molar-refractivity contribution in [3.05, 3.63) is 58.2 Å². The van der Waals surface area contributed by atoms with Gasteiger partial charge >= 0.3 is 0 Å². The number of nitro groups is 1. The summed E-state index contributed by atoms with van der Waals surface area (Å²) in [4.78, 5) is 10.2. The average molecular weight is 249 g/mol. The minimum Gasteiger partial charge on any atom is -0.373 e. The van der Waals surface area contributed by atoms with E-state index in [0.29, 0.717) is 6.54 Å². The molecular weight excluding hydrogens is 237 g/mol. The molecule has 0 fully saturated rings. The highest BCUT2D eigenvalue weighted by molar-refractivity contribution is 5.62. The summed E-state index contributed by atoms with van der Waals surface area (Å²) in [7, 11) is 1.87. The molecule has 2 rings (SSSR count). The molecule has 0 aliphatic heterocycles. The van der Waals surface area contributed by atoms with Crippen LogP contribution in [0, 0.1) is 15.9 Å². The van der Waals surface area contributed by atoms with Crippen LogP contribution in [-0.2, 0) is 13.6 Å². The fraction of sp³-hybridized carbons (Fsp3) is 0.167. The Morgan fingerprint density at radius 3 is 2.83 bits per heavy atom. The molecule has 0 atom stereocenters. The summed E-state index contributed by atoms with van der Waals surface area (Å²) in [6.07, 6.45) is 3.71. The summed E-state index contributed by atoms with van der Waals surface area (Å²) in [5.41, 5.74) is 0.590. The SMILES string of the molecule is Cn1ccc(CNc2c(F)cccc2[N+](=O)[O-])c1. The average Bonchev–Trinajstić information content (AvgIpc) is 2.73. The van der Waals surface area contributed by atoms with E-state index >= 15 is 0 Å². The zero-order valence-corrected chi connectivity index (χ0v) is 9.76. The number of anilines is 1. The molecule has 2 aromatic rings. The molecule has 0 aliphatic carbocycles. The number of halogens is 1. The van der Waals surface area contributed by atoms with Gasteiger partial charge in [0.15, 0.2) is 5.82 Å². The van der Waals surface area contributed by atoms with Crippen molar-refractivity contribution in [3.63, 3.8) is 0 Å². The van der Waals surface area contributed by atoms with Gasteiger partial charge in [-0.15, -0.1) is 0 Å². The van der Waals surface area contributed by atoms with Crippen LogP contribution in [0.4, 0.5) is 15.8 Å². The van der Waals surface area contributed by atoms with Crippen LogP contribution in [0.25, 0.3) is 0 Å². The van der Waals surface area contributed by atoms with Crippen LogP contribution in [0.15, 0.2) is 36.7 Å². The third kappa shape index (κ3) is 2.48. The Balaban J connectivity index is 2.20. The first-order chi connectivity index (χ1) is 8.58. The van der Waals surface area contributed by atoms with Gasteiger partial charge in [-0.1, -0.05) is 6.07 Å². The Labute approximate surface area is 103 Å².